The molecule has 1 fully saturated rings. The Labute approximate surface area is 103 Å². The first-order chi connectivity index (χ1) is 7.83. The number of thioether (sulfide) groups is 1. The molecule has 3 rings (SSSR count). The molecule has 0 amide bonds. The van der Waals surface area contributed by atoms with E-state index in [0.717, 1.165) is 17.1 Å². The second kappa shape index (κ2) is 4.39. The van der Waals surface area contributed by atoms with Crippen LogP contribution in [0.4, 0.5) is 0 Å². The molecule has 1 aliphatic rings. The highest BCUT2D eigenvalue weighted by Gasteiger charge is 2.24. The number of aliphatic hydroxyl groups excluding tert-OH is 1. The first-order valence-corrected chi connectivity index (χ1v) is 7.46. The van der Waals surface area contributed by atoms with E-state index in [1.54, 1.807) is 11.3 Å². The maximum Gasteiger partial charge on any atom is 0.193 e. The Morgan fingerprint density at radius 1 is 1.62 bits per heavy atom. The minimum Gasteiger partial charge on any atom is -0.392 e. The fourth-order valence-electron chi connectivity index (χ4n) is 2.13. The van der Waals surface area contributed by atoms with Gasteiger partial charge in [0.2, 0.25) is 0 Å². The van der Waals surface area contributed by atoms with Gasteiger partial charge in [-0.15, -0.1) is 11.3 Å². The Bertz CT molecular complexity index is 444. The van der Waals surface area contributed by atoms with E-state index >= 15 is 0 Å². The molecular formula is C11H14N2OS2. The Hall–Kier alpha value is -0.520. The molecule has 5 heteroatoms. The minimum absolute atomic E-state index is 0.239. The number of nitrogens with zero attached hydrogens (tertiary/aromatic N) is 2. The highest BCUT2D eigenvalue weighted by molar-refractivity contribution is 8.00. The van der Waals surface area contributed by atoms with E-state index < -0.39 is 0 Å². The van der Waals surface area contributed by atoms with Gasteiger partial charge in [-0.05, 0) is 18.6 Å². The van der Waals surface area contributed by atoms with Crippen LogP contribution in [0.2, 0.25) is 0 Å². The molecule has 2 unspecified atom stereocenters. The zero-order valence-electron chi connectivity index (χ0n) is 8.87. The average molecular weight is 254 g/mol. The molecule has 3 heterocycles. The molecule has 0 saturated carbocycles. The average Bonchev–Trinajstić information content (AvgIpc) is 2.91. The minimum atomic E-state index is -0.239. The van der Waals surface area contributed by atoms with Crippen LogP contribution in [-0.4, -0.2) is 31.6 Å². The van der Waals surface area contributed by atoms with E-state index in [1.807, 2.05) is 33.9 Å². The van der Waals surface area contributed by atoms with Gasteiger partial charge in [0.05, 0.1) is 11.8 Å². The standard InChI is InChI=1S/C11H14N2OS2/c14-9(10-2-1-4-15-10)6-8-7-13-3-5-16-11(13)12-8/h3,5,7,9-10,14H,1-2,4,6H2. The largest absolute Gasteiger partial charge is 0.392 e. The highest BCUT2D eigenvalue weighted by Crippen LogP contribution is 2.30. The quantitative estimate of drug-likeness (QED) is 0.912. The number of hydrogen-bond donors (Lipinski definition) is 1. The van der Waals surface area contributed by atoms with Crippen molar-refractivity contribution in [1.29, 1.82) is 0 Å². The summed E-state index contributed by atoms with van der Waals surface area (Å²) in [4.78, 5) is 5.51. The Balaban J connectivity index is 1.71. The predicted molar refractivity (Wildman–Crippen MR) is 68.3 cm³/mol. The summed E-state index contributed by atoms with van der Waals surface area (Å²) in [6, 6.07) is 0. The summed E-state index contributed by atoms with van der Waals surface area (Å²) in [5, 5.41) is 12.5. The zero-order valence-corrected chi connectivity index (χ0v) is 10.5. The monoisotopic (exact) mass is 254 g/mol. The van der Waals surface area contributed by atoms with Crippen molar-refractivity contribution in [2.45, 2.75) is 30.6 Å². The van der Waals surface area contributed by atoms with E-state index in [9.17, 15) is 5.11 Å². The molecule has 0 aliphatic carbocycles. The molecule has 2 aromatic heterocycles. The lowest BCUT2D eigenvalue weighted by molar-refractivity contribution is 0.169. The van der Waals surface area contributed by atoms with Gasteiger partial charge in [-0.3, -0.25) is 4.40 Å². The van der Waals surface area contributed by atoms with E-state index in [0.29, 0.717) is 11.7 Å². The fourth-order valence-corrected chi connectivity index (χ4v) is 4.13. The normalized spacial score (nSPS) is 22.9. The molecule has 2 atom stereocenters. The first kappa shape index (κ1) is 10.6. The predicted octanol–water partition coefficient (Wildman–Crippen LogP) is 2.19. The van der Waals surface area contributed by atoms with E-state index in [-0.39, 0.29) is 6.10 Å². The van der Waals surface area contributed by atoms with Gasteiger partial charge >= 0.3 is 0 Å². The number of thiazole rings is 1. The van der Waals surface area contributed by atoms with Crippen LogP contribution >= 0.6 is 23.1 Å². The fraction of sp³-hybridized carbons (Fsp3) is 0.545. The van der Waals surface area contributed by atoms with Crippen molar-refractivity contribution in [3.63, 3.8) is 0 Å². The summed E-state index contributed by atoms with van der Waals surface area (Å²) < 4.78 is 2.02. The Kier molecular flexibility index (Phi) is 2.91. The van der Waals surface area contributed by atoms with Crippen molar-refractivity contribution in [2.75, 3.05) is 5.75 Å². The second-order valence-electron chi connectivity index (χ2n) is 4.15. The van der Waals surface area contributed by atoms with Gasteiger partial charge in [0.25, 0.3) is 0 Å². The van der Waals surface area contributed by atoms with Crippen LogP contribution in [0.5, 0.6) is 0 Å². The molecular weight excluding hydrogens is 240 g/mol. The van der Waals surface area contributed by atoms with E-state index in [1.165, 1.54) is 12.2 Å². The molecule has 1 saturated heterocycles. The molecule has 0 bridgehead atoms. The third-order valence-corrected chi connectivity index (χ3v) is 5.23. The van der Waals surface area contributed by atoms with Crippen LogP contribution in [0.15, 0.2) is 17.8 Å². The van der Waals surface area contributed by atoms with Gasteiger partial charge in [0.1, 0.15) is 0 Å². The summed E-state index contributed by atoms with van der Waals surface area (Å²) in [5.41, 5.74) is 1.01. The van der Waals surface area contributed by atoms with Gasteiger partial charge in [-0.2, -0.15) is 11.8 Å². The van der Waals surface area contributed by atoms with Crippen LogP contribution in [0.25, 0.3) is 4.96 Å². The summed E-state index contributed by atoms with van der Waals surface area (Å²) in [6.45, 7) is 0. The number of imidazole rings is 1. The number of aromatic nitrogens is 2. The molecule has 16 heavy (non-hydrogen) atoms. The SMILES string of the molecule is OC(Cc1cn2ccsc2n1)C1CCCS1. The van der Waals surface area contributed by atoms with Crippen LogP contribution in [0, 0.1) is 0 Å². The van der Waals surface area contributed by atoms with Gasteiger partial charge in [-0.25, -0.2) is 4.98 Å². The highest BCUT2D eigenvalue weighted by atomic mass is 32.2. The molecule has 0 aromatic carbocycles. The zero-order chi connectivity index (χ0) is 11.0. The van der Waals surface area contributed by atoms with Crippen molar-refractivity contribution in [2.24, 2.45) is 0 Å². The molecule has 1 aliphatic heterocycles. The van der Waals surface area contributed by atoms with Crippen LogP contribution < -0.4 is 0 Å². The van der Waals surface area contributed by atoms with Crippen molar-refractivity contribution >= 4 is 28.1 Å². The maximum atomic E-state index is 10.1. The van der Waals surface area contributed by atoms with Crippen molar-refractivity contribution in [3.8, 4) is 0 Å². The molecule has 3 nitrogen and oxygen atoms in total. The van der Waals surface area contributed by atoms with Gasteiger partial charge in [0, 0.05) is 29.4 Å². The van der Waals surface area contributed by atoms with Crippen LogP contribution in [0.1, 0.15) is 18.5 Å². The maximum absolute atomic E-state index is 10.1. The van der Waals surface area contributed by atoms with E-state index in [4.69, 9.17) is 0 Å². The number of aliphatic hydroxyl groups is 1. The third-order valence-electron chi connectivity index (χ3n) is 2.96. The third kappa shape index (κ3) is 1.99. The molecule has 2 aromatic rings. The number of fused-ring (bicyclic) bond motifs is 1. The molecule has 86 valence electrons. The Morgan fingerprint density at radius 3 is 3.31 bits per heavy atom. The van der Waals surface area contributed by atoms with Crippen molar-refractivity contribution in [1.82, 2.24) is 9.38 Å². The lowest BCUT2D eigenvalue weighted by Gasteiger charge is -2.15. The van der Waals surface area contributed by atoms with Gasteiger partial charge in [-0.1, -0.05) is 0 Å². The van der Waals surface area contributed by atoms with Crippen LogP contribution in [0.3, 0.4) is 0 Å². The van der Waals surface area contributed by atoms with E-state index in [2.05, 4.69) is 4.98 Å². The lowest BCUT2D eigenvalue weighted by atomic mass is 10.1. The summed E-state index contributed by atoms with van der Waals surface area (Å²) in [6.07, 6.45) is 6.87. The van der Waals surface area contributed by atoms with Gasteiger partial charge < -0.3 is 5.11 Å². The topological polar surface area (TPSA) is 37.5 Å². The first-order valence-electron chi connectivity index (χ1n) is 5.54. The van der Waals surface area contributed by atoms with Gasteiger partial charge in [0.15, 0.2) is 4.96 Å². The summed E-state index contributed by atoms with van der Waals surface area (Å²) in [7, 11) is 0. The number of rotatable bonds is 3. The summed E-state index contributed by atoms with van der Waals surface area (Å²) >= 11 is 3.53. The second-order valence-corrected chi connectivity index (χ2v) is 6.37. The smallest absolute Gasteiger partial charge is 0.193 e. The van der Waals surface area contributed by atoms with Crippen molar-refractivity contribution < 1.29 is 5.11 Å². The molecule has 0 radical (unpaired) electrons. The Morgan fingerprint density at radius 2 is 2.56 bits per heavy atom. The van der Waals surface area contributed by atoms with Crippen LogP contribution in [-0.2, 0) is 6.42 Å². The molecule has 0 spiro atoms. The number of hydrogen-bond acceptors (Lipinski definition) is 4. The van der Waals surface area contributed by atoms with Crippen molar-refractivity contribution in [3.05, 3.63) is 23.5 Å². The molecule has 1 N–H and O–H groups in total. The summed E-state index contributed by atoms with van der Waals surface area (Å²) in [5.74, 6) is 1.19. The lowest BCUT2D eigenvalue weighted by Crippen LogP contribution is -2.23.